The molecular weight excluding hydrogens is 394 g/mol. The van der Waals surface area contributed by atoms with Crippen molar-refractivity contribution in [1.82, 2.24) is 9.71 Å². The van der Waals surface area contributed by atoms with E-state index in [1.807, 2.05) is 17.5 Å². The molecule has 0 radical (unpaired) electrons. The molecule has 0 atom stereocenters. The van der Waals surface area contributed by atoms with Crippen molar-refractivity contribution in [2.75, 3.05) is 12.8 Å². The molecule has 7 nitrogen and oxygen atoms in total. The molecule has 0 spiro atoms. The van der Waals surface area contributed by atoms with Crippen molar-refractivity contribution in [1.29, 1.82) is 0 Å². The highest BCUT2D eigenvalue weighted by Crippen LogP contribution is 2.33. The van der Waals surface area contributed by atoms with Gasteiger partial charge in [0.05, 0.1) is 21.8 Å². The number of hydrogen-bond donors (Lipinski definition) is 1. The van der Waals surface area contributed by atoms with Crippen molar-refractivity contribution in [3.8, 4) is 21.1 Å². The van der Waals surface area contributed by atoms with Crippen LogP contribution in [0.2, 0.25) is 0 Å². The number of nitrogens with zero attached hydrogens (tertiary/aromatic N) is 2. The second-order valence-corrected chi connectivity index (χ2v) is 9.39. The molecule has 0 amide bonds. The number of nitro benzene ring substituents is 1. The van der Waals surface area contributed by atoms with E-state index in [2.05, 4.69) is 9.71 Å². The first kappa shape index (κ1) is 18.6. The van der Waals surface area contributed by atoms with Crippen LogP contribution in [0.5, 0.6) is 0 Å². The molecule has 0 aliphatic carbocycles. The van der Waals surface area contributed by atoms with Crippen LogP contribution in [0, 0.1) is 10.1 Å². The number of nitro groups is 1. The topological polar surface area (TPSA) is 102 Å². The zero-order valence-corrected chi connectivity index (χ0v) is 16.2. The fraction of sp³-hybridized carbons (Fsp3) is 0.188. The third kappa shape index (κ3) is 4.73. The van der Waals surface area contributed by atoms with E-state index in [1.54, 1.807) is 23.5 Å². The third-order valence-corrected chi connectivity index (χ3v) is 6.25. The van der Waals surface area contributed by atoms with E-state index in [0.717, 1.165) is 26.7 Å². The molecular formula is C16H15N3O4S3. The molecule has 0 bridgehead atoms. The smallest absolute Gasteiger partial charge is 0.258 e. The Morgan fingerprint density at radius 2 is 2.08 bits per heavy atom. The number of benzene rings is 1. The number of hydrogen-bond acceptors (Lipinski definition) is 7. The molecule has 1 aromatic carbocycles. The number of sulfonamides is 1. The number of non-ortho nitro benzene ring substituents is 1. The lowest BCUT2D eigenvalue weighted by molar-refractivity contribution is -0.384. The average molecular weight is 410 g/mol. The zero-order chi connectivity index (χ0) is 18.7. The average Bonchev–Trinajstić information content (AvgIpc) is 3.22. The Hall–Kier alpha value is -2.14. The first-order valence-corrected chi connectivity index (χ1v) is 11.1. The molecule has 2 heterocycles. The molecule has 1 N–H and O–H groups in total. The lowest BCUT2D eigenvalue weighted by Gasteiger charge is -1.99. The van der Waals surface area contributed by atoms with Gasteiger partial charge in [0, 0.05) is 34.5 Å². The van der Waals surface area contributed by atoms with Gasteiger partial charge in [0.15, 0.2) is 0 Å². The Balaban J connectivity index is 1.74. The summed E-state index contributed by atoms with van der Waals surface area (Å²) in [6.07, 6.45) is 1.75. The van der Waals surface area contributed by atoms with Crippen molar-refractivity contribution in [3.63, 3.8) is 0 Å². The fourth-order valence-electron chi connectivity index (χ4n) is 2.28. The number of aromatic nitrogens is 1. The van der Waals surface area contributed by atoms with Crippen LogP contribution in [0.25, 0.3) is 21.1 Å². The third-order valence-electron chi connectivity index (χ3n) is 3.46. The standard InChI is InChI=1S/C16H15N3O4S3/c1-26(22,23)17-8-7-13-5-6-15(25-13)14-10-24-16(18-14)11-3-2-4-12(9-11)19(20)21/h2-6,9-10,17H,7-8H2,1H3. The predicted molar refractivity (Wildman–Crippen MR) is 104 cm³/mol. The summed E-state index contributed by atoms with van der Waals surface area (Å²) in [7, 11) is -3.18. The Bertz CT molecular complexity index is 1040. The van der Waals surface area contributed by atoms with Gasteiger partial charge in [0.1, 0.15) is 5.01 Å². The van der Waals surface area contributed by atoms with E-state index in [9.17, 15) is 18.5 Å². The van der Waals surface area contributed by atoms with Gasteiger partial charge < -0.3 is 0 Å². The molecule has 0 saturated heterocycles. The summed E-state index contributed by atoms with van der Waals surface area (Å²) in [6, 6.07) is 10.3. The van der Waals surface area contributed by atoms with Crippen LogP contribution in [0.3, 0.4) is 0 Å². The Morgan fingerprint density at radius 1 is 1.27 bits per heavy atom. The molecule has 136 valence electrons. The minimum atomic E-state index is -3.18. The minimum absolute atomic E-state index is 0.0380. The van der Waals surface area contributed by atoms with Crippen molar-refractivity contribution < 1.29 is 13.3 Å². The molecule has 3 aromatic rings. The molecule has 3 rings (SSSR count). The summed E-state index contributed by atoms with van der Waals surface area (Å²) < 4.78 is 24.7. The summed E-state index contributed by atoms with van der Waals surface area (Å²) in [5, 5.41) is 13.5. The SMILES string of the molecule is CS(=O)(=O)NCCc1ccc(-c2csc(-c3cccc([N+](=O)[O-])c3)n2)s1. The maximum absolute atomic E-state index is 11.1. The summed E-state index contributed by atoms with van der Waals surface area (Å²) >= 11 is 2.98. The molecule has 0 unspecified atom stereocenters. The summed E-state index contributed by atoms with van der Waals surface area (Å²) in [6.45, 7) is 0.356. The monoisotopic (exact) mass is 409 g/mol. The molecule has 0 fully saturated rings. The Morgan fingerprint density at radius 3 is 2.81 bits per heavy atom. The lowest BCUT2D eigenvalue weighted by Crippen LogP contribution is -2.23. The van der Waals surface area contributed by atoms with Gasteiger partial charge in [-0.2, -0.15) is 0 Å². The first-order chi connectivity index (χ1) is 12.3. The molecule has 0 aliphatic heterocycles. The molecule has 0 aliphatic rings. The van der Waals surface area contributed by atoms with Gasteiger partial charge >= 0.3 is 0 Å². The van der Waals surface area contributed by atoms with E-state index >= 15 is 0 Å². The number of nitrogens with one attached hydrogen (secondary N) is 1. The van der Waals surface area contributed by atoms with E-state index < -0.39 is 14.9 Å². The fourth-order valence-corrected chi connectivity index (χ4v) is 4.61. The van der Waals surface area contributed by atoms with Crippen LogP contribution in [0.15, 0.2) is 41.8 Å². The van der Waals surface area contributed by atoms with Crippen molar-refractivity contribution in [2.24, 2.45) is 0 Å². The normalized spacial score (nSPS) is 11.6. The number of thiophene rings is 1. The highest BCUT2D eigenvalue weighted by Gasteiger charge is 2.12. The second kappa shape index (κ2) is 7.62. The van der Waals surface area contributed by atoms with Crippen LogP contribution in [0.4, 0.5) is 5.69 Å². The zero-order valence-electron chi connectivity index (χ0n) is 13.7. The van der Waals surface area contributed by atoms with Gasteiger partial charge in [-0.3, -0.25) is 10.1 Å². The van der Waals surface area contributed by atoms with Gasteiger partial charge in [-0.05, 0) is 18.6 Å². The Labute approximate surface area is 158 Å². The van der Waals surface area contributed by atoms with Crippen molar-refractivity contribution in [2.45, 2.75) is 6.42 Å². The van der Waals surface area contributed by atoms with Gasteiger partial charge in [-0.15, -0.1) is 22.7 Å². The van der Waals surface area contributed by atoms with Crippen molar-refractivity contribution >= 4 is 38.4 Å². The van der Waals surface area contributed by atoms with Crippen LogP contribution in [0.1, 0.15) is 4.88 Å². The predicted octanol–water partition coefficient (Wildman–Crippen LogP) is 3.54. The van der Waals surface area contributed by atoms with Gasteiger partial charge in [0.25, 0.3) is 5.69 Å². The van der Waals surface area contributed by atoms with E-state index in [0.29, 0.717) is 18.5 Å². The maximum atomic E-state index is 11.1. The second-order valence-electron chi connectivity index (χ2n) is 5.53. The van der Waals surface area contributed by atoms with E-state index in [-0.39, 0.29) is 5.69 Å². The largest absolute Gasteiger partial charge is 0.270 e. The summed E-state index contributed by atoms with van der Waals surface area (Å²) in [5.74, 6) is 0. The van der Waals surface area contributed by atoms with Crippen LogP contribution < -0.4 is 4.72 Å². The lowest BCUT2D eigenvalue weighted by atomic mass is 10.2. The molecule has 0 saturated carbocycles. The van der Waals surface area contributed by atoms with Crippen molar-refractivity contribution in [3.05, 3.63) is 56.8 Å². The maximum Gasteiger partial charge on any atom is 0.270 e. The summed E-state index contributed by atoms with van der Waals surface area (Å²) in [5.41, 5.74) is 1.56. The number of thiazole rings is 1. The quantitative estimate of drug-likeness (QED) is 0.475. The highest BCUT2D eigenvalue weighted by molar-refractivity contribution is 7.88. The Kier molecular flexibility index (Phi) is 5.47. The molecule has 10 heteroatoms. The highest BCUT2D eigenvalue weighted by atomic mass is 32.2. The first-order valence-electron chi connectivity index (χ1n) is 7.56. The van der Waals surface area contributed by atoms with Gasteiger partial charge in [-0.1, -0.05) is 12.1 Å². The number of rotatable bonds is 7. The minimum Gasteiger partial charge on any atom is -0.258 e. The molecule has 2 aromatic heterocycles. The van der Waals surface area contributed by atoms with E-state index in [4.69, 9.17) is 0 Å². The van der Waals surface area contributed by atoms with Crippen LogP contribution >= 0.6 is 22.7 Å². The molecule has 26 heavy (non-hydrogen) atoms. The van der Waals surface area contributed by atoms with Crippen LogP contribution in [-0.4, -0.2) is 31.1 Å². The summed E-state index contributed by atoms with van der Waals surface area (Å²) in [4.78, 5) is 17.1. The van der Waals surface area contributed by atoms with Gasteiger partial charge in [-0.25, -0.2) is 18.1 Å². The van der Waals surface area contributed by atoms with Crippen LogP contribution in [-0.2, 0) is 16.4 Å². The van der Waals surface area contributed by atoms with Gasteiger partial charge in [0.2, 0.25) is 10.0 Å². The van der Waals surface area contributed by atoms with E-state index in [1.165, 1.54) is 23.5 Å².